The number of benzene rings is 1. The third-order valence-corrected chi connectivity index (χ3v) is 3.31. The molecular formula is C15H17ClFN3. The Labute approximate surface area is 123 Å². The van der Waals surface area contributed by atoms with Crippen LogP contribution in [0.2, 0.25) is 5.02 Å². The van der Waals surface area contributed by atoms with Crippen LogP contribution in [0.3, 0.4) is 0 Å². The van der Waals surface area contributed by atoms with Gasteiger partial charge in [-0.05, 0) is 37.1 Å². The Morgan fingerprint density at radius 3 is 2.65 bits per heavy atom. The van der Waals surface area contributed by atoms with Crippen molar-refractivity contribution in [1.82, 2.24) is 15.3 Å². The fourth-order valence-electron chi connectivity index (χ4n) is 2.01. The van der Waals surface area contributed by atoms with Crippen LogP contribution in [-0.2, 0) is 6.42 Å². The molecule has 1 aromatic carbocycles. The zero-order valence-electron chi connectivity index (χ0n) is 11.5. The molecule has 0 spiro atoms. The first-order valence-corrected chi connectivity index (χ1v) is 6.94. The second-order valence-electron chi connectivity index (χ2n) is 4.65. The lowest BCUT2D eigenvalue weighted by atomic mass is 10.0. The number of nitrogens with zero attached hydrogens (tertiary/aromatic N) is 2. The Morgan fingerprint density at radius 2 is 2.00 bits per heavy atom. The highest BCUT2D eigenvalue weighted by molar-refractivity contribution is 6.30. The average molecular weight is 294 g/mol. The lowest BCUT2D eigenvalue weighted by Crippen LogP contribution is -2.25. The van der Waals surface area contributed by atoms with E-state index >= 15 is 0 Å². The molecule has 2 rings (SSSR count). The Balaban J connectivity index is 2.25. The van der Waals surface area contributed by atoms with E-state index in [4.69, 9.17) is 11.6 Å². The predicted molar refractivity (Wildman–Crippen MR) is 78.3 cm³/mol. The first-order chi connectivity index (χ1) is 9.61. The molecular weight excluding hydrogens is 277 g/mol. The van der Waals surface area contributed by atoms with Crippen LogP contribution in [0, 0.1) is 12.7 Å². The molecule has 106 valence electrons. The van der Waals surface area contributed by atoms with Gasteiger partial charge >= 0.3 is 0 Å². The fourth-order valence-corrected chi connectivity index (χ4v) is 2.20. The first kappa shape index (κ1) is 14.9. The van der Waals surface area contributed by atoms with Gasteiger partial charge in [-0.25, -0.2) is 14.4 Å². The van der Waals surface area contributed by atoms with E-state index in [0.717, 1.165) is 12.1 Å². The van der Waals surface area contributed by atoms with Crippen molar-refractivity contribution in [3.05, 3.63) is 58.4 Å². The van der Waals surface area contributed by atoms with Gasteiger partial charge in [0.1, 0.15) is 11.6 Å². The molecule has 1 N–H and O–H groups in total. The van der Waals surface area contributed by atoms with Crippen molar-refractivity contribution in [1.29, 1.82) is 0 Å². The van der Waals surface area contributed by atoms with Gasteiger partial charge in [0, 0.05) is 12.4 Å². The minimum absolute atomic E-state index is 0.131. The second kappa shape index (κ2) is 6.77. The smallest absolute Gasteiger partial charge is 0.145 e. The van der Waals surface area contributed by atoms with E-state index in [9.17, 15) is 4.39 Å². The van der Waals surface area contributed by atoms with E-state index in [1.807, 2.05) is 13.8 Å². The number of hydrogen-bond acceptors (Lipinski definition) is 3. The summed E-state index contributed by atoms with van der Waals surface area (Å²) in [6.45, 7) is 4.68. The van der Waals surface area contributed by atoms with E-state index in [-0.39, 0.29) is 16.9 Å². The van der Waals surface area contributed by atoms with Crippen LogP contribution in [0.15, 0.2) is 30.6 Å². The molecule has 0 fully saturated rings. The Kier molecular flexibility index (Phi) is 5.04. The molecule has 0 saturated carbocycles. The minimum atomic E-state index is -0.371. The molecule has 0 aliphatic heterocycles. The van der Waals surface area contributed by atoms with Crippen LogP contribution >= 0.6 is 11.6 Å². The quantitative estimate of drug-likeness (QED) is 0.917. The number of nitrogens with one attached hydrogen (secondary N) is 1. The summed E-state index contributed by atoms with van der Waals surface area (Å²) in [5.74, 6) is 0.293. The molecule has 0 amide bonds. The van der Waals surface area contributed by atoms with Gasteiger partial charge in [0.15, 0.2) is 0 Å². The molecule has 5 heteroatoms. The van der Waals surface area contributed by atoms with Crippen LogP contribution in [0.25, 0.3) is 0 Å². The maximum absolute atomic E-state index is 14.0. The molecule has 3 nitrogen and oxygen atoms in total. The number of hydrogen-bond donors (Lipinski definition) is 1. The summed E-state index contributed by atoms with van der Waals surface area (Å²) in [5.41, 5.74) is 1.56. The van der Waals surface area contributed by atoms with Gasteiger partial charge < -0.3 is 5.32 Å². The molecule has 0 aliphatic rings. The minimum Gasteiger partial charge on any atom is -0.307 e. The van der Waals surface area contributed by atoms with Gasteiger partial charge in [0.25, 0.3) is 0 Å². The predicted octanol–water partition coefficient (Wildman–Crippen LogP) is 3.47. The lowest BCUT2D eigenvalue weighted by Gasteiger charge is -2.17. The Morgan fingerprint density at radius 1 is 1.30 bits per heavy atom. The average Bonchev–Trinajstić information content (AvgIpc) is 2.44. The second-order valence-corrected chi connectivity index (χ2v) is 5.05. The Hall–Kier alpha value is -1.52. The van der Waals surface area contributed by atoms with Crippen LogP contribution in [0.1, 0.15) is 29.9 Å². The lowest BCUT2D eigenvalue weighted by molar-refractivity contribution is 0.505. The third kappa shape index (κ3) is 3.52. The van der Waals surface area contributed by atoms with Gasteiger partial charge in [0.05, 0.1) is 11.1 Å². The summed E-state index contributed by atoms with van der Waals surface area (Å²) in [7, 11) is 0. The van der Waals surface area contributed by atoms with Crippen LogP contribution in [0.5, 0.6) is 0 Å². The highest BCUT2D eigenvalue weighted by atomic mass is 35.5. The summed E-state index contributed by atoms with van der Waals surface area (Å²) in [6.07, 6.45) is 3.99. The fraction of sp³-hybridized carbons (Fsp3) is 0.333. The molecule has 1 aromatic heterocycles. The number of halogens is 2. The third-order valence-electron chi connectivity index (χ3n) is 3.02. The van der Waals surface area contributed by atoms with Crippen LogP contribution in [-0.4, -0.2) is 16.5 Å². The summed E-state index contributed by atoms with van der Waals surface area (Å²) in [6, 6.07) is 4.90. The van der Waals surface area contributed by atoms with Crippen LogP contribution in [0.4, 0.5) is 4.39 Å². The number of aryl methyl sites for hydroxylation is 1. The maximum Gasteiger partial charge on any atom is 0.145 e. The number of likely N-dealkylation sites (N-methyl/N-ethyl adjacent to an activating group) is 1. The van der Waals surface area contributed by atoms with Crippen molar-refractivity contribution < 1.29 is 4.39 Å². The number of rotatable bonds is 5. The van der Waals surface area contributed by atoms with E-state index in [0.29, 0.717) is 17.8 Å². The summed E-state index contributed by atoms with van der Waals surface area (Å²) in [5, 5.41) is 3.42. The highest BCUT2D eigenvalue weighted by Gasteiger charge is 2.17. The van der Waals surface area contributed by atoms with E-state index in [1.54, 1.807) is 30.6 Å². The van der Waals surface area contributed by atoms with Crippen molar-refractivity contribution in [2.45, 2.75) is 26.3 Å². The van der Waals surface area contributed by atoms with Crippen molar-refractivity contribution >= 4 is 11.6 Å². The molecule has 2 aromatic rings. The van der Waals surface area contributed by atoms with Gasteiger partial charge in [0.2, 0.25) is 0 Å². The SMILES string of the molecule is CCNC(Cc1cccc(Cl)c1F)c1ncc(C)cn1. The van der Waals surface area contributed by atoms with Crippen molar-refractivity contribution in [3.8, 4) is 0 Å². The normalized spacial score (nSPS) is 12.4. The maximum atomic E-state index is 14.0. The molecule has 1 unspecified atom stereocenters. The largest absolute Gasteiger partial charge is 0.307 e. The molecule has 0 radical (unpaired) electrons. The molecule has 0 bridgehead atoms. The van der Waals surface area contributed by atoms with Crippen molar-refractivity contribution in [2.75, 3.05) is 6.54 Å². The summed E-state index contributed by atoms with van der Waals surface area (Å²) in [4.78, 5) is 8.63. The van der Waals surface area contributed by atoms with Gasteiger partial charge in [-0.3, -0.25) is 0 Å². The van der Waals surface area contributed by atoms with Crippen LogP contribution < -0.4 is 5.32 Å². The standard InChI is InChI=1S/C15H17ClFN3/c1-3-18-13(15-19-8-10(2)9-20-15)7-11-5-4-6-12(16)14(11)17/h4-6,8-9,13,18H,3,7H2,1-2H3. The van der Waals surface area contributed by atoms with Crippen molar-refractivity contribution in [2.24, 2.45) is 0 Å². The zero-order chi connectivity index (χ0) is 14.5. The highest BCUT2D eigenvalue weighted by Crippen LogP contribution is 2.22. The van der Waals surface area contributed by atoms with E-state index < -0.39 is 0 Å². The first-order valence-electron chi connectivity index (χ1n) is 6.56. The van der Waals surface area contributed by atoms with Gasteiger partial charge in [-0.1, -0.05) is 30.7 Å². The molecule has 0 saturated heterocycles. The topological polar surface area (TPSA) is 37.8 Å². The molecule has 1 atom stereocenters. The number of aromatic nitrogens is 2. The molecule has 0 aliphatic carbocycles. The van der Waals surface area contributed by atoms with Gasteiger partial charge in [-0.2, -0.15) is 0 Å². The van der Waals surface area contributed by atoms with E-state index in [2.05, 4.69) is 15.3 Å². The zero-order valence-corrected chi connectivity index (χ0v) is 12.3. The Bertz CT molecular complexity index is 572. The summed E-state index contributed by atoms with van der Waals surface area (Å²) < 4.78 is 14.0. The van der Waals surface area contributed by atoms with Gasteiger partial charge in [-0.15, -0.1) is 0 Å². The van der Waals surface area contributed by atoms with Crippen molar-refractivity contribution in [3.63, 3.8) is 0 Å². The molecule has 20 heavy (non-hydrogen) atoms. The van der Waals surface area contributed by atoms with E-state index in [1.165, 1.54) is 0 Å². The monoisotopic (exact) mass is 293 g/mol. The summed E-state index contributed by atoms with van der Waals surface area (Å²) >= 11 is 5.81. The molecule has 1 heterocycles.